The number of hydrogen-bond acceptors (Lipinski definition) is 5. The summed E-state index contributed by atoms with van der Waals surface area (Å²) in [4.78, 5) is 31.9. The number of rotatable bonds is 4. The molecule has 126 valence electrons. The molecule has 0 aliphatic rings. The zero-order chi connectivity index (χ0) is 18.0. The van der Waals surface area contributed by atoms with Crippen molar-refractivity contribution in [2.45, 2.75) is 20.1 Å². The summed E-state index contributed by atoms with van der Waals surface area (Å²) < 4.78 is 6.46. The van der Waals surface area contributed by atoms with Gasteiger partial charge in [-0.3, -0.25) is 9.59 Å². The van der Waals surface area contributed by atoms with Crippen LogP contribution in [0.3, 0.4) is 0 Å². The van der Waals surface area contributed by atoms with Gasteiger partial charge in [-0.2, -0.15) is 5.26 Å². The van der Waals surface area contributed by atoms with Crippen molar-refractivity contribution in [2.75, 3.05) is 7.11 Å². The third-order valence-corrected chi connectivity index (χ3v) is 3.97. The number of ether oxygens (including phenoxy) is 1. The van der Waals surface area contributed by atoms with Crippen molar-refractivity contribution in [3.63, 3.8) is 0 Å². The number of aryl methyl sites for hydroxylation is 1. The Kier molecular flexibility index (Phi) is 4.46. The molecule has 0 aliphatic carbocycles. The number of aromatic amines is 1. The minimum atomic E-state index is -0.426. The number of nitrogens with one attached hydrogen (secondary N) is 1. The predicted molar refractivity (Wildman–Crippen MR) is 92.3 cm³/mol. The number of H-pyrrole nitrogens is 1. The SMILES string of the molecule is COCc1cc(C)n(Cc2nc3ccccc3c(=O)[nH]2)c(=O)c1C#N. The van der Waals surface area contributed by atoms with Gasteiger partial charge in [0.2, 0.25) is 0 Å². The van der Waals surface area contributed by atoms with Gasteiger partial charge in [-0.25, -0.2) is 4.98 Å². The molecular formula is C18H16N4O3. The third kappa shape index (κ3) is 3.07. The number of aromatic nitrogens is 3. The lowest BCUT2D eigenvalue weighted by Crippen LogP contribution is -2.28. The standard InChI is InChI=1S/C18H16N4O3/c1-11-7-12(10-25-2)14(8-19)18(24)22(11)9-16-20-15-6-4-3-5-13(15)17(23)21-16/h3-7H,9-10H2,1-2H3,(H,20,21,23). The molecule has 2 heterocycles. The summed E-state index contributed by atoms with van der Waals surface area (Å²) in [6.45, 7) is 2.03. The molecule has 0 saturated carbocycles. The molecule has 25 heavy (non-hydrogen) atoms. The summed E-state index contributed by atoms with van der Waals surface area (Å²) in [6.07, 6.45) is 0. The van der Waals surface area contributed by atoms with Crippen molar-refractivity contribution < 1.29 is 4.74 Å². The van der Waals surface area contributed by atoms with Crippen LogP contribution in [0.5, 0.6) is 0 Å². The van der Waals surface area contributed by atoms with Crippen LogP contribution in [-0.4, -0.2) is 21.6 Å². The van der Waals surface area contributed by atoms with E-state index in [9.17, 15) is 14.9 Å². The molecule has 3 rings (SSSR count). The number of hydrogen-bond donors (Lipinski definition) is 1. The zero-order valence-corrected chi connectivity index (χ0v) is 13.9. The minimum absolute atomic E-state index is 0.0376. The van der Waals surface area contributed by atoms with E-state index in [-0.39, 0.29) is 24.3 Å². The first-order valence-electron chi connectivity index (χ1n) is 7.65. The molecule has 7 nitrogen and oxygen atoms in total. The van der Waals surface area contributed by atoms with Crippen molar-refractivity contribution >= 4 is 10.9 Å². The Morgan fingerprint density at radius 1 is 1.32 bits per heavy atom. The lowest BCUT2D eigenvalue weighted by atomic mass is 10.1. The first-order valence-corrected chi connectivity index (χ1v) is 7.65. The fraction of sp³-hybridized carbons (Fsp3) is 0.222. The first-order chi connectivity index (χ1) is 12.0. The van der Waals surface area contributed by atoms with E-state index in [0.29, 0.717) is 28.0 Å². The summed E-state index contributed by atoms with van der Waals surface area (Å²) in [5, 5.41) is 9.79. The highest BCUT2D eigenvalue weighted by Crippen LogP contribution is 2.10. The van der Waals surface area contributed by atoms with Crippen molar-refractivity contribution in [1.82, 2.24) is 14.5 Å². The van der Waals surface area contributed by atoms with E-state index in [1.807, 2.05) is 6.07 Å². The average molecular weight is 336 g/mol. The molecule has 0 spiro atoms. The van der Waals surface area contributed by atoms with Crippen LogP contribution in [0.2, 0.25) is 0 Å². The van der Waals surface area contributed by atoms with Crippen LogP contribution < -0.4 is 11.1 Å². The summed E-state index contributed by atoms with van der Waals surface area (Å²) >= 11 is 0. The normalized spacial score (nSPS) is 10.8. The van der Waals surface area contributed by atoms with E-state index in [4.69, 9.17) is 4.74 Å². The second kappa shape index (κ2) is 6.71. The number of benzene rings is 1. The summed E-state index contributed by atoms with van der Waals surface area (Å²) in [5.74, 6) is 0.359. The number of para-hydroxylation sites is 1. The van der Waals surface area contributed by atoms with Gasteiger partial charge in [0, 0.05) is 18.4 Å². The first kappa shape index (κ1) is 16.6. The number of fused-ring (bicyclic) bond motifs is 1. The van der Waals surface area contributed by atoms with Crippen LogP contribution in [-0.2, 0) is 17.9 Å². The fourth-order valence-electron chi connectivity index (χ4n) is 2.78. The van der Waals surface area contributed by atoms with Gasteiger partial charge in [0.15, 0.2) is 0 Å². The van der Waals surface area contributed by atoms with E-state index in [0.717, 1.165) is 0 Å². The lowest BCUT2D eigenvalue weighted by molar-refractivity contribution is 0.184. The highest BCUT2D eigenvalue weighted by atomic mass is 16.5. The van der Waals surface area contributed by atoms with Crippen LogP contribution in [0.25, 0.3) is 10.9 Å². The zero-order valence-electron chi connectivity index (χ0n) is 13.9. The summed E-state index contributed by atoms with van der Waals surface area (Å²) in [7, 11) is 1.51. The summed E-state index contributed by atoms with van der Waals surface area (Å²) in [5.41, 5.74) is 1.11. The molecule has 0 atom stereocenters. The van der Waals surface area contributed by atoms with Gasteiger partial charge in [-0.1, -0.05) is 12.1 Å². The van der Waals surface area contributed by atoms with Gasteiger partial charge < -0.3 is 14.3 Å². The van der Waals surface area contributed by atoms with E-state index in [2.05, 4.69) is 9.97 Å². The predicted octanol–water partition coefficient (Wildman–Crippen LogP) is 1.46. The number of nitriles is 1. The van der Waals surface area contributed by atoms with Crippen molar-refractivity contribution in [2.24, 2.45) is 0 Å². The highest BCUT2D eigenvalue weighted by molar-refractivity contribution is 5.77. The molecular weight excluding hydrogens is 320 g/mol. The van der Waals surface area contributed by atoms with Crippen LogP contribution in [0.4, 0.5) is 0 Å². The van der Waals surface area contributed by atoms with Crippen molar-refractivity contribution in [1.29, 1.82) is 5.26 Å². The van der Waals surface area contributed by atoms with Crippen molar-refractivity contribution in [3.05, 3.63) is 73.7 Å². The van der Waals surface area contributed by atoms with Crippen LogP contribution in [0, 0.1) is 18.3 Å². The topological polar surface area (TPSA) is 101 Å². The molecule has 0 fully saturated rings. The van der Waals surface area contributed by atoms with Crippen molar-refractivity contribution in [3.8, 4) is 6.07 Å². The van der Waals surface area contributed by atoms with E-state index < -0.39 is 5.56 Å². The molecule has 0 aliphatic heterocycles. The Bertz CT molecular complexity index is 1110. The Morgan fingerprint density at radius 3 is 2.80 bits per heavy atom. The Hall–Kier alpha value is -3.24. The molecule has 3 aromatic rings. The monoisotopic (exact) mass is 336 g/mol. The fourth-order valence-corrected chi connectivity index (χ4v) is 2.78. The van der Waals surface area contributed by atoms with Gasteiger partial charge in [-0.05, 0) is 25.1 Å². The largest absolute Gasteiger partial charge is 0.380 e. The number of pyridine rings is 1. The minimum Gasteiger partial charge on any atom is -0.380 e. The van der Waals surface area contributed by atoms with Gasteiger partial charge >= 0.3 is 0 Å². The van der Waals surface area contributed by atoms with E-state index in [1.165, 1.54) is 11.7 Å². The van der Waals surface area contributed by atoms with Gasteiger partial charge in [0.25, 0.3) is 11.1 Å². The molecule has 2 aromatic heterocycles. The quantitative estimate of drug-likeness (QED) is 0.777. The molecule has 0 saturated heterocycles. The maximum Gasteiger partial charge on any atom is 0.269 e. The van der Waals surface area contributed by atoms with Crippen LogP contribution in [0.15, 0.2) is 39.9 Å². The van der Waals surface area contributed by atoms with Gasteiger partial charge in [0.1, 0.15) is 17.5 Å². The number of nitrogens with zero attached hydrogens (tertiary/aromatic N) is 3. The molecule has 1 aromatic carbocycles. The van der Waals surface area contributed by atoms with Gasteiger partial charge in [0.05, 0.1) is 24.1 Å². The molecule has 1 N–H and O–H groups in total. The van der Waals surface area contributed by atoms with E-state index >= 15 is 0 Å². The smallest absolute Gasteiger partial charge is 0.269 e. The Morgan fingerprint density at radius 2 is 2.08 bits per heavy atom. The second-order valence-corrected chi connectivity index (χ2v) is 5.65. The second-order valence-electron chi connectivity index (χ2n) is 5.65. The summed E-state index contributed by atoms with van der Waals surface area (Å²) in [6, 6.07) is 10.7. The maximum absolute atomic E-state index is 12.6. The molecule has 0 unspecified atom stereocenters. The number of methoxy groups -OCH3 is 1. The van der Waals surface area contributed by atoms with Crippen LogP contribution >= 0.6 is 0 Å². The third-order valence-electron chi connectivity index (χ3n) is 3.97. The van der Waals surface area contributed by atoms with E-state index in [1.54, 1.807) is 37.3 Å². The van der Waals surface area contributed by atoms with Crippen LogP contribution in [0.1, 0.15) is 22.6 Å². The Balaban J connectivity index is 2.11. The maximum atomic E-state index is 12.6. The molecule has 0 radical (unpaired) electrons. The molecule has 0 amide bonds. The molecule has 7 heteroatoms. The lowest BCUT2D eigenvalue weighted by Gasteiger charge is -2.13. The van der Waals surface area contributed by atoms with Gasteiger partial charge in [-0.15, -0.1) is 0 Å². The Labute approximate surface area is 143 Å². The molecule has 0 bridgehead atoms. The average Bonchev–Trinajstić information content (AvgIpc) is 2.59. The highest BCUT2D eigenvalue weighted by Gasteiger charge is 2.14.